The minimum atomic E-state index is -2.17. The number of halogens is 2. The van der Waals surface area contributed by atoms with Gasteiger partial charge in [-0.25, -0.2) is 8.78 Å². The summed E-state index contributed by atoms with van der Waals surface area (Å²) in [4.78, 5) is 1.89. The van der Waals surface area contributed by atoms with Crippen molar-refractivity contribution in [1.82, 2.24) is 10.2 Å². The molecule has 2 atom stereocenters. The molecule has 4 heteroatoms. The second-order valence-electron chi connectivity index (χ2n) is 3.79. The predicted octanol–water partition coefficient (Wildman–Crippen LogP) is 0.403. The van der Waals surface area contributed by atoms with Crippen LogP contribution >= 0.6 is 0 Å². The zero-order valence-electron chi connectivity index (χ0n) is 6.97. The van der Waals surface area contributed by atoms with Crippen molar-refractivity contribution >= 4 is 0 Å². The van der Waals surface area contributed by atoms with E-state index in [9.17, 15) is 8.78 Å². The maximum atomic E-state index is 12.0. The summed E-state index contributed by atoms with van der Waals surface area (Å²) >= 11 is 0. The normalized spacial score (nSPS) is 36.2. The minimum Gasteiger partial charge on any atom is -0.316 e. The molecule has 0 aromatic heterocycles. The molecule has 0 radical (unpaired) electrons. The van der Waals surface area contributed by atoms with E-state index in [2.05, 4.69) is 5.32 Å². The number of rotatable bonds is 2. The van der Waals surface area contributed by atoms with E-state index in [0.717, 1.165) is 26.2 Å². The van der Waals surface area contributed by atoms with Crippen LogP contribution in [-0.2, 0) is 0 Å². The van der Waals surface area contributed by atoms with Crippen LogP contribution in [0.4, 0.5) is 8.78 Å². The second-order valence-corrected chi connectivity index (χ2v) is 3.79. The zero-order valence-corrected chi connectivity index (χ0v) is 6.97. The van der Waals surface area contributed by atoms with Crippen molar-refractivity contribution in [3.8, 4) is 0 Å². The Morgan fingerprint density at radius 1 is 1.25 bits per heavy atom. The third-order valence-electron chi connectivity index (χ3n) is 2.86. The van der Waals surface area contributed by atoms with Gasteiger partial charge in [-0.1, -0.05) is 0 Å². The van der Waals surface area contributed by atoms with Crippen LogP contribution in [-0.4, -0.2) is 44.0 Å². The molecule has 0 aliphatic carbocycles. The Morgan fingerprint density at radius 2 is 1.83 bits per heavy atom. The molecule has 70 valence electrons. The molecule has 0 aromatic carbocycles. The summed E-state index contributed by atoms with van der Waals surface area (Å²) in [6, 6.07) is 0. The average molecular weight is 176 g/mol. The van der Waals surface area contributed by atoms with Gasteiger partial charge in [0.2, 0.25) is 0 Å². The van der Waals surface area contributed by atoms with Crippen LogP contribution in [0.5, 0.6) is 0 Å². The second kappa shape index (κ2) is 3.26. The van der Waals surface area contributed by atoms with Crippen LogP contribution in [0.2, 0.25) is 0 Å². The summed E-state index contributed by atoms with van der Waals surface area (Å²) < 4.78 is 24.0. The number of hydrogen-bond acceptors (Lipinski definition) is 2. The summed E-state index contributed by atoms with van der Waals surface area (Å²) in [7, 11) is 0. The van der Waals surface area contributed by atoms with Crippen molar-refractivity contribution in [3.63, 3.8) is 0 Å². The van der Waals surface area contributed by atoms with E-state index >= 15 is 0 Å². The molecule has 2 aliphatic heterocycles. The number of alkyl halides is 2. The van der Waals surface area contributed by atoms with Gasteiger partial charge in [0.15, 0.2) is 0 Å². The third kappa shape index (κ3) is 1.59. The molecule has 2 saturated heterocycles. The van der Waals surface area contributed by atoms with Crippen LogP contribution in [0.15, 0.2) is 0 Å². The molecule has 12 heavy (non-hydrogen) atoms. The summed E-state index contributed by atoms with van der Waals surface area (Å²) in [5.41, 5.74) is 0. The van der Waals surface area contributed by atoms with E-state index in [1.165, 1.54) is 0 Å². The summed E-state index contributed by atoms with van der Waals surface area (Å²) in [6.45, 7) is 3.73. The number of nitrogens with one attached hydrogen (secondary N) is 1. The first-order valence-corrected chi connectivity index (χ1v) is 4.47. The van der Waals surface area contributed by atoms with Gasteiger partial charge in [0, 0.05) is 13.1 Å². The molecular formula is C8H14F2N2. The lowest BCUT2D eigenvalue weighted by molar-refractivity contribution is 0.0962. The summed E-state index contributed by atoms with van der Waals surface area (Å²) in [6.07, 6.45) is -2.17. The lowest BCUT2D eigenvalue weighted by atomic mass is 10.0. The van der Waals surface area contributed by atoms with Gasteiger partial charge >= 0.3 is 0 Å². The molecule has 2 heterocycles. The fraction of sp³-hybridized carbons (Fsp3) is 1.00. The molecule has 0 unspecified atom stereocenters. The number of nitrogens with zero attached hydrogens (tertiary/aromatic N) is 1. The molecule has 1 N–H and O–H groups in total. The maximum Gasteiger partial charge on any atom is 0.251 e. The largest absolute Gasteiger partial charge is 0.316 e. The molecule has 0 saturated carbocycles. The fourth-order valence-corrected chi connectivity index (χ4v) is 2.30. The average Bonchev–Trinajstić information content (AvgIpc) is 2.43. The Labute approximate surface area is 70.9 Å². The first-order chi connectivity index (χ1) is 5.75. The molecule has 0 aromatic rings. The first kappa shape index (κ1) is 8.38. The summed E-state index contributed by atoms with van der Waals surface area (Å²) in [5.74, 6) is 1.26. The Bertz CT molecular complexity index is 151. The van der Waals surface area contributed by atoms with E-state index in [-0.39, 0.29) is 6.54 Å². The highest BCUT2D eigenvalue weighted by atomic mass is 19.3. The van der Waals surface area contributed by atoms with Crippen molar-refractivity contribution in [1.29, 1.82) is 0 Å². The standard InChI is InChI=1S/C8H14F2N2/c9-8(10)5-12-3-6-1-11-2-7(6)4-12/h6-8,11H,1-5H2/t6-,7+. The molecule has 0 spiro atoms. The highest BCUT2D eigenvalue weighted by Gasteiger charge is 2.36. The van der Waals surface area contributed by atoms with Crippen LogP contribution in [0, 0.1) is 11.8 Å². The maximum absolute atomic E-state index is 12.0. The van der Waals surface area contributed by atoms with Crippen molar-refractivity contribution in [2.24, 2.45) is 11.8 Å². The molecule has 2 aliphatic rings. The van der Waals surface area contributed by atoms with Crippen LogP contribution in [0.1, 0.15) is 0 Å². The number of fused-ring (bicyclic) bond motifs is 1. The van der Waals surface area contributed by atoms with E-state index < -0.39 is 6.43 Å². The predicted molar refractivity (Wildman–Crippen MR) is 42.3 cm³/mol. The Morgan fingerprint density at radius 3 is 2.33 bits per heavy atom. The van der Waals surface area contributed by atoms with E-state index in [4.69, 9.17) is 0 Å². The first-order valence-electron chi connectivity index (χ1n) is 4.47. The van der Waals surface area contributed by atoms with Gasteiger partial charge in [-0.3, -0.25) is 4.90 Å². The Balaban J connectivity index is 1.82. The lowest BCUT2D eigenvalue weighted by Crippen LogP contribution is -2.29. The highest BCUT2D eigenvalue weighted by Crippen LogP contribution is 2.26. The fourth-order valence-electron chi connectivity index (χ4n) is 2.30. The quantitative estimate of drug-likeness (QED) is 0.655. The van der Waals surface area contributed by atoms with Crippen LogP contribution in [0.3, 0.4) is 0 Å². The van der Waals surface area contributed by atoms with Gasteiger partial charge in [0.05, 0.1) is 6.54 Å². The lowest BCUT2D eigenvalue weighted by Gasteiger charge is -2.15. The van der Waals surface area contributed by atoms with Crippen molar-refractivity contribution in [2.45, 2.75) is 6.43 Å². The minimum absolute atomic E-state index is 0.0347. The topological polar surface area (TPSA) is 15.3 Å². The van der Waals surface area contributed by atoms with E-state index in [1.54, 1.807) is 0 Å². The molecule has 2 rings (SSSR count). The molecular weight excluding hydrogens is 162 g/mol. The van der Waals surface area contributed by atoms with Crippen LogP contribution in [0.25, 0.3) is 0 Å². The number of likely N-dealkylation sites (tertiary alicyclic amines) is 1. The molecule has 2 fully saturated rings. The van der Waals surface area contributed by atoms with Crippen molar-refractivity contribution in [3.05, 3.63) is 0 Å². The van der Waals surface area contributed by atoms with E-state index in [0.29, 0.717) is 11.8 Å². The third-order valence-corrected chi connectivity index (χ3v) is 2.86. The molecule has 0 bridgehead atoms. The Kier molecular flexibility index (Phi) is 2.28. The van der Waals surface area contributed by atoms with Gasteiger partial charge in [-0.2, -0.15) is 0 Å². The SMILES string of the molecule is FC(F)CN1C[C@H]2CNC[C@H]2C1. The van der Waals surface area contributed by atoms with Gasteiger partial charge in [0.1, 0.15) is 0 Å². The van der Waals surface area contributed by atoms with Gasteiger partial charge in [-0.05, 0) is 24.9 Å². The molecule has 0 amide bonds. The van der Waals surface area contributed by atoms with Gasteiger partial charge in [-0.15, -0.1) is 0 Å². The van der Waals surface area contributed by atoms with Crippen LogP contribution < -0.4 is 5.32 Å². The smallest absolute Gasteiger partial charge is 0.251 e. The summed E-state index contributed by atoms with van der Waals surface area (Å²) in [5, 5.41) is 3.28. The highest BCUT2D eigenvalue weighted by molar-refractivity contribution is 4.91. The van der Waals surface area contributed by atoms with Gasteiger partial charge in [0.25, 0.3) is 6.43 Å². The Hall–Kier alpha value is -0.220. The number of hydrogen-bond donors (Lipinski definition) is 1. The molecule has 2 nitrogen and oxygen atoms in total. The van der Waals surface area contributed by atoms with Gasteiger partial charge < -0.3 is 5.32 Å². The monoisotopic (exact) mass is 176 g/mol. The zero-order chi connectivity index (χ0) is 8.55. The van der Waals surface area contributed by atoms with E-state index in [1.807, 2.05) is 4.90 Å². The van der Waals surface area contributed by atoms with Crippen molar-refractivity contribution in [2.75, 3.05) is 32.7 Å². The van der Waals surface area contributed by atoms with Crippen molar-refractivity contribution < 1.29 is 8.78 Å².